The molecule has 0 saturated heterocycles. The lowest BCUT2D eigenvalue weighted by atomic mass is 10.1. The molecule has 1 amide bonds. The molecule has 1 saturated carbocycles. The van der Waals surface area contributed by atoms with Crippen molar-refractivity contribution < 1.29 is 13.2 Å². The van der Waals surface area contributed by atoms with E-state index in [1.165, 1.54) is 11.4 Å². The minimum Gasteiger partial charge on any atom is -0.346 e. The lowest BCUT2D eigenvalue weighted by Gasteiger charge is -2.08. The first-order valence-electron chi connectivity index (χ1n) is 6.77. The molecule has 7 nitrogen and oxygen atoms in total. The lowest BCUT2D eigenvalue weighted by Crippen LogP contribution is -2.26. The molecule has 0 bridgehead atoms. The van der Waals surface area contributed by atoms with Crippen LogP contribution in [0.1, 0.15) is 40.4 Å². The largest absolute Gasteiger partial charge is 0.346 e. The Hall–Kier alpha value is -1.71. The van der Waals surface area contributed by atoms with E-state index in [-0.39, 0.29) is 9.77 Å². The zero-order chi connectivity index (χ0) is 15.9. The second kappa shape index (κ2) is 5.49. The summed E-state index contributed by atoms with van der Waals surface area (Å²) in [5.41, 5.74) is 2.19. The summed E-state index contributed by atoms with van der Waals surface area (Å²) in [5.74, 6) is 0.0787. The highest BCUT2D eigenvalue weighted by atomic mass is 32.2. The number of hydrogen-bond acceptors (Lipinski definition) is 5. The van der Waals surface area contributed by atoms with E-state index in [1.54, 1.807) is 4.68 Å². The van der Waals surface area contributed by atoms with Crippen LogP contribution in [0.5, 0.6) is 0 Å². The third-order valence-electron chi connectivity index (χ3n) is 3.66. The number of nitrogens with zero attached hydrogens (tertiary/aromatic N) is 2. The Kier molecular flexibility index (Phi) is 3.79. The van der Waals surface area contributed by atoms with Crippen molar-refractivity contribution in [2.45, 2.75) is 29.5 Å². The molecule has 3 rings (SSSR count). The summed E-state index contributed by atoms with van der Waals surface area (Å²) >= 11 is 0.938. The number of nitrogens with one attached hydrogen (secondary N) is 1. The van der Waals surface area contributed by atoms with Crippen LogP contribution in [0.4, 0.5) is 0 Å². The van der Waals surface area contributed by atoms with Gasteiger partial charge in [0.2, 0.25) is 10.0 Å². The number of carbonyl (C=O) groups excluding carboxylic acids is 1. The van der Waals surface area contributed by atoms with Crippen molar-refractivity contribution in [3.8, 4) is 0 Å². The first-order valence-corrected chi connectivity index (χ1v) is 9.20. The number of thiophene rings is 1. The van der Waals surface area contributed by atoms with Crippen LogP contribution in [0.25, 0.3) is 0 Å². The molecular formula is C13H16N4O3S2. The quantitative estimate of drug-likeness (QED) is 0.844. The van der Waals surface area contributed by atoms with Gasteiger partial charge in [-0.3, -0.25) is 9.48 Å². The number of nitrogens with two attached hydrogens (primary N) is 1. The van der Waals surface area contributed by atoms with E-state index in [4.69, 9.17) is 5.14 Å². The van der Waals surface area contributed by atoms with Crippen LogP contribution < -0.4 is 10.5 Å². The highest BCUT2D eigenvalue weighted by molar-refractivity contribution is 7.91. The summed E-state index contributed by atoms with van der Waals surface area (Å²) in [4.78, 5) is 12.2. The number of sulfonamides is 1. The monoisotopic (exact) mass is 340 g/mol. The minimum atomic E-state index is -3.89. The zero-order valence-corrected chi connectivity index (χ0v) is 13.6. The molecule has 0 atom stereocenters. The topological polar surface area (TPSA) is 107 Å². The second-order valence-corrected chi connectivity index (χ2v) is 7.97. The third kappa shape index (κ3) is 2.92. The van der Waals surface area contributed by atoms with E-state index in [1.807, 2.05) is 13.2 Å². The summed E-state index contributed by atoms with van der Waals surface area (Å²) in [7, 11) is -2.06. The third-order valence-corrected chi connectivity index (χ3v) is 6.09. The number of carbonyl (C=O) groups is 1. The van der Waals surface area contributed by atoms with Gasteiger partial charge in [0.25, 0.3) is 5.91 Å². The number of aryl methyl sites for hydroxylation is 1. The summed E-state index contributed by atoms with van der Waals surface area (Å²) < 4.78 is 24.5. The van der Waals surface area contributed by atoms with Crippen molar-refractivity contribution >= 4 is 27.3 Å². The van der Waals surface area contributed by atoms with E-state index >= 15 is 0 Å². The highest BCUT2D eigenvalue weighted by Gasteiger charge is 2.28. The van der Waals surface area contributed by atoms with Gasteiger partial charge in [-0.2, -0.15) is 5.10 Å². The SMILES string of the molecule is Cn1ncc(C2CC2)c1CNC(=O)c1ccsc1S(N)(=O)=O. The van der Waals surface area contributed by atoms with Crippen LogP contribution >= 0.6 is 11.3 Å². The summed E-state index contributed by atoms with van der Waals surface area (Å²) in [6.45, 7) is 0.307. The molecule has 3 N–H and O–H groups in total. The molecule has 0 unspecified atom stereocenters. The molecule has 1 fully saturated rings. The predicted octanol–water partition coefficient (Wildman–Crippen LogP) is 0.936. The molecule has 0 aromatic carbocycles. The van der Waals surface area contributed by atoms with Crippen molar-refractivity contribution in [2.24, 2.45) is 12.2 Å². The first kappa shape index (κ1) is 15.2. The van der Waals surface area contributed by atoms with Gasteiger partial charge in [0, 0.05) is 7.05 Å². The van der Waals surface area contributed by atoms with E-state index in [9.17, 15) is 13.2 Å². The smallest absolute Gasteiger partial charge is 0.253 e. The van der Waals surface area contributed by atoms with E-state index in [0.717, 1.165) is 35.4 Å². The summed E-state index contributed by atoms with van der Waals surface area (Å²) in [6, 6.07) is 1.46. The van der Waals surface area contributed by atoms with Crippen molar-refractivity contribution in [1.29, 1.82) is 0 Å². The van der Waals surface area contributed by atoms with Gasteiger partial charge in [-0.05, 0) is 35.8 Å². The standard InChI is InChI=1S/C13H16N4O3S2/c1-17-11(10(6-16-17)8-2-3-8)7-15-12(18)9-4-5-21-13(9)22(14,19)20/h4-6,8H,2-3,7H2,1H3,(H,15,18)(H2,14,19,20). The van der Waals surface area contributed by atoms with E-state index in [0.29, 0.717) is 12.5 Å². The zero-order valence-electron chi connectivity index (χ0n) is 11.9. The van der Waals surface area contributed by atoms with Gasteiger partial charge in [-0.15, -0.1) is 11.3 Å². The Morgan fingerprint density at radius 2 is 2.27 bits per heavy atom. The van der Waals surface area contributed by atoms with Crippen molar-refractivity contribution in [3.63, 3.8) is 0 Å². The maximum atomic E-state index is 12.2. The van der Waals surface area contributed by atoms with Gasteiger partial charge in [0.1, 0.15) is 4.21 Å². The average molecular weight is 340 g/mol. The van der Waals surface area contributed by atoms with Gasteiger partial charge in [0.05, 0.1) is 24.0 Å². The Bertz CT molecular complexity index is 818. The van der Waals surface area contributed by atoms with Crippen LogP contribution in [0.15, 0.2) is 21.9 Å². The van der Waals surface area contributed by atoms with Gasteiger partial charge >= 0.3 is 0 Å². The van der Waals surface area contributed by atoms with E-state index in [2.05, 4.69) is 10.4 Å². The molecule has 2 heterocycles. The van der Waals surface area contributed by atoms with Crippen LogP contribution in [0.3, 0.4) is 0 Å². The van der Waals surface area contributed by atoms with Crippen LogP contribution in [-0.2, 0) is 23.6 Å². The maximum Gasteiger partial charge on any atom is 0.253 e. The number of primary sulfonamides is 1. The van der Waals surface area contributed by atoms with Crippen molar-refractivity contribution in [2.75, 3.05) is 0 Å². The Morgan fingerprint density at radius 1 is 1.55 bits per heavy atom. The van der Waals surface area contributed by atoms with Crippen LogP contribution in [-0.4, -0.2) is 24.1 Å². The number of rotatable bonds is 5. The predicted molar refractivity (Wildman–Crippen MR) is 82.0 cm³/mol. The van der Waals surface area contributed by atoms with Gasteiger partial charge in [-0.1, -0.05) is 0 Å². The van der Waals surface area contributed by atoms with Gasteiger partial charge < -0.3 is 5.32 Å². The minimum absolute atomic E-state index is 0.0858. The van der Waals surface area contributed by atoms with Crippen LogP contribution in [0, 0.1) is 0 Å². The molecule has 2 aromatic rings. The van der Waals surface area contributed by atoms with E-state index < -0.39 is 15.9 Å². The fraction of sp³-hybridized carbons (Fsp3) is 0.385. The molecule has 2 aromatic heterocycles. The molecule has 22 heavy (non-hydrogen) atoms. The van der Waals surface area contributed by atoms with Gasteiger partial charge in [0.15, 0.2) is 0 Å². The first-order chi connectivity index (χ1) is 10.4. The van der Waals surface area contributed by atoms with Crippen molar-refractivity contribution in [3.05, 3.63) is 34.5 Å². The molecule has 1 aliphatic carbocycles. The number of hydrogen-bond donors (Lipinski definition) is 2. The summed E-state index contributed by atoms with van der Waals surface area (Å²) in [5, 5.41) is 13.6. The Balaban J connectivity index is 1.76. The fourth-order valence-electron chi connectivity index (χ4n) is 2.38. The Labute approximate surface area is 132 Å². The molecule has 9 heteroatoms. The fourth-order valence-corrected chi connectivity index (χ4v) is 4.16. The molecule has 118 valence electrons. The molecule has 0 radical (unpaired) electrons. The number of aromatic nitrogens is 2. The molecule has 0 spiro atoms. The van der Waals surface area contributed by atoms with Crippen molar-refractivity contribution in [1.82, 2.24) is 15.1 Å². The van der Waals surface area contributed by atoms with Gasteiger partial charge in [-0.25, -0.2) is 13.6 Å². The number of amides is 1. The van der Waals surface area contributed by atoms with Crippen LogP contribution in [0.2, 0.25) is 0 Å². The molecule has 1 aliphatic rings. The normalized spacial score (nSPS) is 15.0. The maximum absolute atomic E-state index is 12.2. The average Bonchev–Trinajstić information content (AvgIpc) is 3.02. The lowest BCUT2D eigenvalue weighted by molar-refractivity contribution is 0.0947. The Morgan fingerprint density at radius 3 is 2.91 bits per heavy atom. The highest BCUT2D eigenvalue weighted by Crippen LogP contribution is 2.41. The molecule has 0 aliphatic heterocycles. The molecular weight excluding hydrogens is 324 g/mol. The summed E-state index contributed by atoms with van der Waals surface area (Å²) in [6.07, 6.45) is 4.12. The second-order valence-electron chi connectivity index (χ2n) is 5.29.